The number of ether oxygens (including phenoxy) is 4. The van der Waals surface area contributed by atoms with Crippen LogP contribution in [0.2, 0.25) is 0 Å². The van der Waals surface area contributed by atoms with E-state index in [0.29, 0.717) is 0 Å². The van der Waals surface area contributed by atoms with E-state index in [2.05, 4.69) is 24.8 Å². The first-order valence-corrected chi connectivity index (χ1v) is 16.3. The van der Waals surface area contributed by atoms with Crippen molar-refractivity contribution in [3.05, 3.63) is 48.5 Å². The number of fused-ring (bicyclic) bond motifs is 4. The average molecular weight is 805 g/mol. The number of halogens is 9. The Morgan fingerprint density at radius 3 is 1.93 bits per heavy atom. The van der Waals surface area contributed by atoms with Crippen LogP contribution in [-0.2, 0) is 28.5 Å². The van der Waals surface area contributed by atoms with E-state index in [1.807, 2.05) is 26.2 Å². The molecule has 0 N–H and O–H groups in total. The number of carbonyl (C=O) groups is 2. The van der Waals surface area contributed by atoms with Crippen molar-refractivity contribution in [1.29, 1.82) is 0 Å². The van der Waals surface area contributed by atoms with Gasteiger partial charge in [-0.05, 0) is 37.6 Å². The molecule has 0 aromatic carbocycles. The molecule has 0 spiro atoms. The topological polar surface area (TPSA) is 131 Å². The summed E-state index contributed by atoms with van der Waals surface area (Å²) in [4.78, 5) is 23.9. The van der Waals surface area contributed by atoms with Gasteiger partial charge in [0.1, 0.15) is 17.0 Å². The maximum atomic E-state index is 12.5. The van der Waals surface area contributed by atoms with Crippen molar-refractivity contribution in [3.63, 3.8) is 0 Å². The third-order valence-electron chi connectivity index (χ3n) is 7.93. The maximum absolute atomic E-state index is 12.5. The average Bonchev–Trinajstić information content (AvgIpc) is 3.90. The Hall–Kier alpha value is -4.60. The van der Waals surface area contributed by atoms with Gasteiger partial charge >= 0.3 is 30.5 Å². The number of carbonyl (C=O) groups excluding carboxylic acids is 2. The van der Waals surface area contributed by atoms with Gasteiger partial charge in [-0.3, -0.25) is 9.59 Å². The van der Waals surface area contributed by atoms with Gasteiger partial charge in [0.2, 0.25) is 0 Å². The Labute approximate surface area is 310 Å². The third-order valence-corrected chi connectivity index (χ3v) is 7.93. The van der Waals surface area contributed by atoms with Crippen LogP contribution in [0.25, 0.3) is 0 Å². The van der Waals surface area contributed by atoms with E-state index in [9.17, 15) is 49.1 Å². The highest BCUT2D eigenvalue weighted by Crippen LogP contribution is 2.45. The molecule has 0 aliphatic carbocycles. The Morgan fingerprint density at radius 1 is 0.818 bits per heavy atom. The minimum Gasteiger partial charge on any atom is -0.463 e. The standard InChI is InChI=1S/C13H14F6N2O3.C13H17F3N2O3.C7H10N2O/c1-21(2)20-6-11-4-3-7(24-11)5-8(11)9(22)23-10(12(14,15)16)13(17,18)19;1-8(13(14,15)16)20-11(19)9-6-12(7-17-18(2)3)5-4-10(9)21-12;1-9(2)8-6-7-4-3-5-10-7/h3-4,6-8,10H,5H2,1-2H3;4-5,7-10H,6H2,1-3H3;3-6H,1-2H3/b20-6+;17-7+;8-6+/t7-,8?,11-;8?,9?,10-,12+;/m01./s1. The molecule has 22 heteroatoms. The van der Waals surface area contributed by atoms with Crippen LogP contribution >= 0.6 is 0 Å². The third kappa shape index (κ3) is 12.5. The predicted octanol–water partition coefficient (Wildman–Crippen LogP) is 5.20. The fourth-order valence-electron chi connectivity index (χ4n) is 5.31. The van der Waals surface area contributed by atoms with Crippen LogP contribution in [-0.4, -0.2) is 142 Å². The molecule has 55 heavy (non-hydrogen) atoms. The van der Waals surface area contributed by atoms with Crippen LogP contribution in [0.4, 0.5) is 39.5 Å². The molecule has 0 radical (unpaired) electrons. The molecule has 4 aliphatic rings. The molecule has 13 nitrogen and oxygen atoms in total. The lowest BCUT2D eigenvalue weighted by Gasteiger charge is -2.28. The van der Waals surface area contributed by atoms with Crippen LogP contribution in [0.3, 0.4) is 0 Å². The van der Waals surface area contributed by atoms with Crippen LogP contribution in [0, 0.1) is 11.8 Å². The molecule has 7 atom stereocenters. The second kappa shape index (κ2) is 17.5. The van der Waals surface area contributed by atoms with E-state index in [1.54, 1.807) is 75.1 Å². The molecule has 308 valence electrons. The lowest BCUT2D eigenvalue weighted by Crippen LogP contribution is -2.49. The van der Waals surface area contributed by atoms with Gasteiger partial charge in [-0.15, -0.1) is 0 Å². The molecule has 2 saturated heterocycles. The zero-order valence-corrected chi connectivity index (χ0v) is 30.6. The number of rotatable bonds is 10. The molecule has 1 aromatic rings. The van der Waals surface area contributed by atoms with Crippen molar-refractivity contribution in [3.8, 4) is 0 Å². The first kappa shape index (κ1) is 44.8. The normalized spacial score (nSPS) is 27.4. The Kier molecular flexibility index (Phi) is 14.2. The van der Waals surface area contributed by atoms with Crippen molar-refractivity contribution in [1.82, 2.24) is 15.0 Å². The molecule has 0 saturated carbocycles. The van der Waals surface area contributed by atoms with Crippen molar-refractivity contribution >= 4 is 30.6 Å². The quantitative estimate of drug-likeness (QED) is 0.102. The van der Waals surface area contributed by atoms with Crippen LogP contribution in [0.15, 0.2) is 62.4 Å². The number of furan rings is 1. The van der Waals surface area contributed by atoms with Crippen molar-refractivity contribution in [2.45, 2.75) is 73.9 Å². The largest absolute Gasteiger partial charge is 0.463 e. The number of hydrazone groups is 3. The van der Waals surface area contributed by atoms with Crippen molar-refractivity contribution in [2.75, 3.05) is 42.3 Å². The van der Waals surface area contributed by atoms with E-state index < -0.39 is 77.9 Å². The summed E-state index contributed by atoms with van der Waals surface area (Å²) >= 11 is 0. The van der Waals surface area contributed by atoms with Gasteiger partial charge in [0.25, 0.3) is 6.10 Å². The van der Waals surface area contributed by atoms with E-state index in [-0.39, 0.29) is 12.8 Å². The summed E-state index contributed by atoms with van der Waals surface area (Å²) in [6.07, 6.45) is -11.0. The van der Waals surface area contributed by atoms with E-state index in [4.69, 9.17) is 13.9 Å². The lowest BCUT2D eigenvalue weighted by molar-refractivity contribution is -0.314. The van der Waals surface area contributed by atoms with E-state index in [0.717, 1.165) is 12.7 Å². The summed E-state index contributed by atoms with van der Waals surface area (Å²) in [6.45, 7) is 0.811. The molecule has 3 unspecified atom stereocenters. The van der Waals surface area contributed by atoms with Crippen LogP contribution in [0.1, 0.15) is 25.5 Å². The SMILES string of the molecule is CC(OC(=O)C1C[C@]2(/C=N/N(C)C)C=C[C@H]1O2)C(F)(F)F.CN(C)/N=C/[C@@]12C=C[C@@H](CC1C(=O)OC(C(F)(F)F)C(F)(F)F)O2.CN(C)/N=C/c1ccco1. The smallest absolute Gasteiger partial charge is 0.434 e. The summed E-state index contributed by atoms with van der Waals surface area (Å²) in [5, 5.41) is 16.5. The molecule has 5 heterocycles. The fourth-order valence-corrected chi connectivity index (χ4v) is 5.31. The second-order valence-corrected chi connectivity index (χ2v) is 13.2. The summed E-state index contributed by atoms with van der Waals surface area (Å²) < 4.78 is 137. The Morgan fingerprint density at radius 2 is 1.42 bits per heavy atom. The lowest BCUT2D eigenvalue weighted by atomic mass is 9.84. The number of hydrogen-bond donors (Lipinski definition) is 0. The number of nitrogens with zero attached hydrogens (tertiary/aromatic N) is 6. The predicted molar refractivity (Wildman–Crippen MR) is 178 cm³/mol. The highest BCUT2D eigenvalue weighted by atomic mass is 19.4. The van der Waals surface area contributed by atoms with Gasteiger partial charge in [0.05, 0.1) is 49.0 Å². The first-order chi connectivity index (χ1) is 25.3. The summed E-state index contributed by atoms with van der Waals surface area (Å²) in [7, 11) is 10.3. The molecule has 1 aromatic heterocycles. The summed E-state index contributed by atoms with van der Waals surface area (Å²) in [6, 6.07) is 3.68. The molecular weight excluding hydrogens is 763 g/mol. The fraction of sp³-hybridized carbons (Fsp3) is 0.606. The molecule has 2 fully saturated rings. The highest BCUT2D eigenvalue weighted by Gasteiger charge is 2.62. The first-order valence-electron chi connectivity index (χ1n) is 16.3. The Balaban J connectivity index is 0.000000239. The van der Waals surface area contributed by atoms with Gasteiger partial charge in [0.15, 0.2) is 6.10 Å². The zero-order chi connectivity index (χ0) is 41.6. The van der Waals surface area contributed by atoms with Crippen molar-refractivity contribution in [2.24, 2.45) is 27.1 Å². The zero-order valence-electron chi connectivity index (χ0n) is 30.6. The molecule has 5 rings (SSSR count). The number of esters is 2. The monoisotopic (exact) mass is 804 g/mol. The highest BCUT2D eigenvalue weighted by molar-refractivity contribution is 5.86. The maximum Gasteiger partial charge on any atom is 0.434 e. The van der Waals surface area contributed by atoms with Gasteiger partial charge in [-0.25, -0.2) is 0 Å². The van der Waals surface area contributed by atoms with Gasteiger partial charge in [-0.2, -0.15) is 54.8 Å². The molecule has 4 bridgehead atoms. The van der Waals surface area contributed by atoms with Crippen LogP contribution < -0.4 is 0 Å². The molecular formula is C33H41F9N6O7. The summed E-state index contributed by atoms with van der Waals surface area (Å²) in [5.74, 6) is -3.84. The molecule has 4 aliphatic heterocycles. The molecule has 0 amide bonds. The number of hydrogen-bond acceptors (Lipinski definition) is 13. The summed E-state index contributed by atoms with van der Waals surface area (Å²) in [5.41, 5.74) is -2.34. The van der Waals surface area contributed by atoms with Gasteiger partial charge < -0.3 is 38.4 Å². The minimum atomic E-state index is -5.76. The van der Waals surface area contributed by atoms with E-state index >= 15 is 0 Å². The van der Waals surface area contributed by atoms with Crippen LogP contribution in [0.5, 0.6) is 0 Å². The Bertz CT molecular complexity index is 1580. The van der Waals surface area contributed by atoms with E-state index in [1.165, 1.54) is 17.3 Å². The minimum absolute atomic E-state index is 0.0861. The second-order valence-electron chi connectivity index (χ2n) is 13.2. The van der Waals surface area contributed by atoms with Gasteiger partial charge in [0, 0.05) is 48.7 Å². The van der Waals surface area contributed by atoms with Crippen molar-refractivity contribution < 1.29 is 72.5 Å². The number of alkyl halides is 9. The van der Waals surface area contributed by atoms with Gasteiger partial charge in [-0.1, -0.05) is 12.2 Å².